The first-order valence-corrected chi connectivity index (χ1v) is 10.3. The summed E-state index contributed by atoms with van der Waals surface area (Å²) in [6.45, 7) is 2.10. The Morgan fingerprint density at radius 3 is 2.78 bits per heavy atom. The predicted octanol–water partition coefficient (Wildman–Crippen LogP) is 3.79. The van der Waals surface area contributed by atoms with Crippen molar-refractivity contribution >= 4 is 34.8 Å². The number of carbonyl (C=O) groups is 2. The van der Waals surface area contributed by atoms with Crippen molar-refractivity contribution < 1.29 is 14.3 Å². The highest BCUT2D eigenvalue weighted by molar-refractivity contribution is 7.12. The summed E-state index contributed by atoms with van der Waals surface area (Å²) >= 11 is 7.29. The highest BCUT2D eigenvalue weighted by atomic mass is 35.5. The Bertz CT molecular complexity index is 764. The Labute approximate surface area is 168 Å². The summed E-state index contributed by atoms with van der Waals surface area (Å²) in [5.74, 6) is 0.670. The Hall–Kier alpha value is -2.05. The molecule has 3 rings (SSSR count). The highest BCUT2D eigenvalue weighted by Gasteiger charge is 2.30. The van der Waals surface area contributed by atoms with Gasteiger partial charge in [0.2, 0.25) is 5.91 Å². The van der Waals surface area contributed by atoms with E-state index in [1.54, 1.807) is 41.1 Å². The zero-order valence-electron chi connectivity index (χ0n) is 15.3. The van der Waals surface area contributed by atoms with E-state index in [1.165, 1.54) is 11.3 Å². The van der Waals surface area contributed by atoms with Gasteiger partial charge in [0.25, 0.3) is 5.91 Å². The Kier molecular flexibility index (Phi) is 6.74. The zero-order valence-corrected chi connectivity index (χ0v) is 16.8. The van der Waals surface area contributed by atoms with E-state index >= 15 is 0 Å². The van der Waals surface area contributed by atoms with Crippen molar-refractivity contribution in [3.8, 4) is 5.75 Å². The van der Waals surface area contributed by atoms with E-state index in [0.29, 0.717) is 31.3 Å². The van der Waals surface area contributed by atoms with Crippen molar-refractivity contribution in [2.24, 2.45) is 5.92 Å². The van der Waals surface area contributed by atoms with Gasteiger partial charge in [-0.05, 0) is 48.6 Å². The van der Waals surface area contributed by atoms with Gasteiger partial charge in [0.1, 0.15) is 12.4 Å². The van der Waals surface area contributed by atoms with Gasteiger partial charge in [-0.2, -0.15) is 0 Å². The van der Waals surface area contributed by atoms with Crippen LogP contribution in [0.15, 0.2) is 41.8 Å². The Balaban J connectivity index is 1.48. The smallest absolute Gasteiger partial charge is 0.263 e. The molecule has 0 N–H and O–H groups in total. The minimum atomic E-state index is -0.150. The first kappa shape index (κ1) is 19.7. The van der Waals surface area contributed by atoms with Crippen LogP contribution in [-0.4, -0.2) is 54.9 Å². The molecule has 2 heterocycles. The molecule has 0 aliphatic carbocycles. The summed E-state index contributed by atoms with van der Waals surface area (Å²) in [6.07, 6.45) is 1.66. The SMILES string of the molecule is CN(CCOc1ccc(Cl)cc1)C(=O)C1CCCN(C(=O)c2cccs2)C1. The standard InChI is InChI=1S/C20H23ClN2O3S/c1-22(11-12-26-17-8-6-16(21)7-9-17)19(24)15-4-2-10-23(14-15)20(25)18-5-3-13-27-18/h3,5-9,13,15H,2,4,10-12,14H2,1H3. The van der Waals surface area contributed by atoms with E-state index in [4.69, 9.17) is 16.3 Å². The van der Waals surface area contributed by atoms with Gasteiger partial charge in [0.15, 0.2) is 0 Å². The molecule has 0 bridgehead atoms. The summed E-state index contributed by atoms with van der Waals surface area (Å²) in [5, 5.41) is 2.56. The van der Waals surface area contributed by atoms with Crippen molar-refractivity contribution in [3.05, 3.63) is 51.7 Å². The number of benzene rings is 1. The van der Waals surface area contributed by atoms with E-state index < -0.39 is 0 Å². The largest absolute Gasteiger partial charge is 0.492 e. The number of hydrogen-bond acceptors (Lipinski definition) is 4. The lowest BCUT2D eigenvalue weighted by Crippen LogP contribution is -2.46. The van der Waals surface area contributed by atoms with Gasteiger partial charge >= 0.3 is 0 Å². The minimum absolute atomic E-state index is 0.0243. The molecule has 1 aromatic carbocycles. The number of likely N-dealkylation sites (N-methyl/N-ethyl adjacent to an activating group) is 1. The van der Waals surface area contributed by atoms with Crippen LogP contribution in [0.4, 0.5) is 0 Å². The molecule has 7 heteroatoms. The van der Waals surface area contributed by atoms with Crippen LogP contribution in [0.25, 0.3) is 0 Å². The molecule has 5 nitrogen and oxygen atoms in total. The van der Waals surface area contributed by atoms with Crippen molar-refractivity contribution in [3.63, 3.8) is 0 Å². The third-order valence-corrected chi connectivity index (χ3v) is 5.78. The molecule has 1 unspecified atom stereocenters. The molecule has 1 atom stereocenters. The first-order valence-electron chi connectivity index (χ1n) is 9.00. The summed E-state index contributed by atoms with van der Waals surface area (Å²) in [6, 6.07) is 10.9. The van der Waals surface area contributed by atoms with Crippen LogP contribution in [-0.2, 0) is 4.79 Å². The maximum absolute atomic E-state index is 12.8. The molecule has 0 radical (unpaired) electrons. The number of likely N-dealkylation sites (tertiary alicyclic amines) is 1. The van der Waals surface area contributed by atoms with E-state index in [1.807, 2.05) is 17.5 Å². The van der Waals surface area contributed by atoms with Crippen LogP contribution in [0.3, 0.4) is 0 Å². The number of piperidine rings is 1. The normalized spacial score (nSPS) is 16.8. The van der Waals surface area contributed by atoms with E-state index in [2.05, 4.69) is 0 Å². The Morgan fingerprint density at radius 2 is 2.07 bits per heavy atom. The molecule has 2 amide bonds. The highest BCUT2D eigenvalue weighted by Crippen LogP contribution is 2.22. The number of amides is 2. The molecule has 1 aromatic heterocycles. The minimum Gasteiger partial charge on any atom is -0.492 e. The van der Waals surface area contributed by atoms with Crippen LogP contribution >= 0.6 is 22.9 Å². The number of nitrogens with zero attached hydrogens (tertiary/aromatic N) is 2. The maximum Gasteiger partial charge on any atom is 0.263 e. The topological polar surface area (TPSA) is 49.9 Å². The van der Waals surface area contributed by atoms with Crippen molar-refractivity contribution in [1.82, 2.24) is 9.80 Å². The van der Waals surface area contributed by atoms with Gasteiger partial charge in [0.05, 0.1) is 17.3 Å². The molecule has 1 fully saturated rings. The number of rotatable bonds is 6. The number of carbonyl (C=O) groups excluding carboxylic acids is 2. The van der Waals surface area contributed by atoms with Crippen molar-refractivity contribution in [1.29, 1.82) is 0 Å². The predicted molar refractivity (Wildman–Crippen MR) is 108 cm³/mol. The monoisotopic (exact) mass is 406 g/mol. The average Bonchev–Trinajstić information content (AvgIpc) is 3.23. The van der Waals surface area contributed by atoms with Crippen molar-refractivity contribution in [2.45, 2.75) is 12.8 Å². The van der Waals surface area contributed by atoms with Crippen LogP contribution in [0.2, 0.25) is 5.02 Å². The zero-order chi connectivity index (χ0) is 19.2. The number of hydrogen-bond donors (Lipinski definition) is 0. The molecular formula is C20H23ClN2O3S. The molecule has 1 aliphatic rings. The summed E-state index contributed by atoms with van der Waals surface area (Å²) in [4.78, 5) is 29.5. The fraction of sp³-hybridized carbons (Fsp3) is 0.400. The third kappa shape index (κ3) is 5.23. The average molecular weight is 407 g/mol. The van der Waals surface area contributed by atoms with Gasteiger partial charge in [-0.25, -0.2) is 0 Å². The third-order valence-electron chi connectivity index (χ3n) is 4.68. The van der Waals surface area contributed by atoms with Crippen LogP contribution in [0, 0.1) is 5.92 Å². The summed E-state index contributed by atoms with van der Waals surface area (Å²) in [5.41, 5.74) is 0. The first-order chi connectivity index (χ1) is 13.0. The van der Waals surface area contributed by atoms with Gasteiger partial charge in [-0.1, -0.05) is 17.7 Å². The molecule has 0 spiro atoms. The van der Waals surface area contributed by atoms with E-state index in [0.717, 1.165) is 23.5 Å². The van der Waals surface area contributed by atoms with Crippen molar-refractivity contribution in [2.75, 3.05) is 33.3 Å². The number of halogens is 1. The molecule has 144 valence electrons. The molecule has 0 saturated carbocycles. The molecule has 1 aliphatic heterocycles. The lowest BCUT2D eigenvalue weighted by Gasteiger charge is -2.33. The maximum atomic E-state index is 12.8. The summed E-state index contributed by atoms with van der Waals surface area (Å²) in [7, 11) is 1.79. The Morgan fingerprint density at radius 1 is 1.30 bits per heavy atom. The second kappa shape index (κ2) is 9.24. The summed E-state index contributed by atoms with van der Waals surface area (Å²) < 4.78 is 5.66. The van der Waals surface area contributed by atoms with Crippen LogP contribution < -0.4 is 4.74 Å². The van der Waals surface area contributed by atoms with Crippen LogP contribution in [0.5, 0.6) is 5.75 Å². The lowest BCUT2D eigenvalue weighted by atomic mass is 9.96. The lowest BCUT2D eigenvalue weighted by molar-refractivity contribution is -0.135. The fourth-order valence-electron chi connectivity index (χ4n) is 3.17. The molecule has 2 aromatic rings. The second-order valence-corrected chi connectivity index (χ2v) is 8.01. The number of ether oxygens (including phenoxy) is 1. The molecule has 27 heavy (non-hydrogen) atoms. The number of thiophene rings is 1. The van der Waals surface area contributed by atoms with Gasteiger partial charge in [-0.15, -0.1) is 11.3 Å². The molecular weight excluding hydrogens is 384 g/mol. The van der Waals surface area contributed by atoms with Gasteiger partial charge in [0, 0.05) is 25.2 Å². The van der Waals surface area contributed by atoms with Gasteiger partial charge < -0.3 is 14.5 Å². The van der Waals surface area contributed by atoms with E-state index in [9.17, 15) is 9.59 Å². The van der Waals surface area contributed by atoms with Crippen LogP contribution in [0.1, 0.15) is 22.5 Å². The van der Waals surface area contributed by atoms with E-state index in [-0.39, 0.29) is 17.7 Å². The molecule has 1 saturated heterocycles. The van der Waals surface area contributed by atoms with Gasteiger partial charge in [-0.3, -0.25) is 9.59 Å². The second-order valence-electron chi connectivity index (χ2n) is 6.63. The fourth-order valence-corrected chi connectivity index (χ4v) is 3.99. The quantitative estimate of drug-likeness (QED) is 0.733.